The molecule has 0 radical (unpaired) electrons. The van der Waals surface area contributed by atoms with Crippen molar-refractivity contribution in [2.75, 3.05) is 19.6 Å². The number of carbonyl (C=O) groups excluding carboxylic acids is 1. The Morgan fingerprint density at radius 1 is 1.12 bits per heavy atom. The lowest BCUT2D eigenvalue weighted by Gasteiger charge is -2.40. The summed E-state index contributed by atoms with van der Waals surface area (Å²) in [6.07, 6.45) is 6.61. The summed E-state index contributed by atoms with van der Waals surface area (Å²) >= 11 is 0. The van der Waals surface area contributed by atoms with Gasteiger partial charge < -0.3 is 4.90 Å². The molecule has 2 aliphatic heterocycles. The quantitative estimate of drug-likeness (QED) is 0.830. The Labute approximate surface area is 143 Å². The standard InChI is InChI=1S/C18H25N5O/c19-12-15-11-17-13-22(7-2-8-23(17)20-15)16-5-9-21(10-6-16)18(24)14-3-1-4-14/h11,14,16H,1-10,13H2. The molecule has 6 heteroatoms. The monoisotopic (exact) mass is 327 g/mol. The minimum atomic E-state index is 0.318. The highest BCUT2D eigenvalue weighted by molar-refractivity contribution is 5.79. The van der Waals surface area contributed by atoms with Crippen molar-refractivity contribution in [1.82, 2.24) is 19.6 Å². The van der Waals surface area contributed by atoms with Crippen molar-refractivity contribution in [2.24, 2.45) is 5.92 Å². The molecular formula is C18H25N5O. The van der Waals surface area contributed by atoms with Gasteiger partial charge in [0.2, 0.25) is 5.91 Å². The van der Waals surface area contributed by atoms with E-state index < -0.39 is 0 Å². The lowest BCUT2D eigenvalue weighted by atomic mass is 9.84. The van der Waals surface area contributed by atoms with Crippen LogP contribution < -0.4 is 0 Å². The molecule has 0 aromatic carbocycles. The minimum absolute atomic E-state index is 0.318. The highest BCUT2D eigenvalue weighted by atomic mass is 16.2. The van der Waals surface area contributed by atoms with Crippen LogP contribution in [0.2, 0.25) is 0 Å². The second-order valence-corrected chi connectivity index (χ2v) is 7.36. The fraction of sp³-hybridized carbons (Fsp3) is 0.722. The van der Waals surface area contributed by atoms with E-state index in [1.54, 1.807) is 0 Å². The summed E-state index contributed by atoms with van der Waals surface area (Å²) in [7, 11) is 0. The van der Waals surface area contributed by atoms with E-state index in [0.29, 0.717) is 23.6 Å². The normalized spacial score (nSPS) is 23.2. The summed E-state index contributed by atoms with van der Waals surface area (Å²) in [6, 6.07) is 4.61. The number of nitriles is 1. The molecule has 2 fully saturated rings. The molecule has 4 rings (SSSR count). The highest BCUT2D eigenvalue weighted by Gasteiger charge is 2.33. The number of hydrogen-bond acceptors (Lipinski definition) is 4. The maximum Gasteiger partial charge on any atom is 0.225 e. The molecule has 1 aromatic rings. The van der Waals surface area contributed by atoms with Crippen LogP contribution in [0.15, 0.2) is 6.07 Å². The summed E-state index contributed by atoms with van der Waals surface area (Å²) in [5.41, 5.74) is 1.67. The summed E-state index contributed by atoms with van der Waals surface area (Å²) in [5, 5.41) is 13.4. The predicted octanol–water partition coefficient (Wildman–Crippen LogP) is 1.75. The molecular weight excluding hydrogens is 302 g/mol. The Bertz CT molecular complexity index is 649. The zero-order valence-corrected chi connectivity index (χ0v) is 14.2. The van der Waals surface area contributed by atoms with E-state index in [2.05, 4.69) is 21.0 Å². The molecule has 1 saturated heterocycles. The van der Waals surface area contributed by atoms with Crippen LogP contribution in [0, 0.1) is 17.2 Å². The Morgan fingerprint density at radius 3 is 2.58 bits per heavy atom. The van der Waals surface area contributed by atoms with Crippen molar-refractivity contribution >= 4 is 5.91 Å². The molecule has 1 saturated carbocycles. The van der Waals surface area contributed by atoms with Gasteiger partial charge in [-0.25, -0.2) is 0 Å². The molecule has 1 aliphatic carbocycles. The van der Waals surface area contributed by atoms with Crippen molar-refractivity contribution in [1.29, 1.82) is 5.26 Å². The first-order valence-corrected chi connectivity index (χ1v) is 9.24. The molecule has 128 valence electrons. The van der Waals surface area contributed by atoms with Crippen molar-refractivity contribution in [3.8, 4) is 6.07 Å². The van der Waals surface area contributed by atoms with E-state index in [1.807, 2.05) is 10.7 Å². The predicted molar refractivity (Wildman–Crippen MR) is 88.9 cm³/mol. The number of fused-ring (bicyclic) bond motifs is 1. The van der Waals surface area contributed by atoms with Crippen LogP contribution in [0.3, 0.4) is 0 Å². The van der Waals surface area contributed by atoms with E-state index in [0.717, 1.165) is 70.5 Å². The molecule has 6 nitrogen and oxygen atoms in total. The van der Waals surface area contributed by atoms with Gasteiger partial charge in [-0.15, -0.1) is 0 Å². The van der Waals surface area contributed by atoms with Crippen molar-refractivity contribution in [2.45, 2.75) is 57.7 Å². The Balaban J connectivity index is 1.36. The van der Waals surface area contributed by atoms with E-state index in [9.17, 15) is 4.79 Å². The molecule has 3 aliphatic rings. The van der Waals surface area contributed by atoms with Crippen molar-refractivity contribution in [3.63, 3.8) is 0 Å². The smallest absolute Gasteiger partial charge is 0.225 e. The molecule has 0 bridgehead atoms. The fourth-order valence-corrected chi connectivity index (χ4v) is 4.22. The van der Waals surface area contributed by atoms with Crippen LogP contribution in [-0.2, 0) is 17.9 Å². The van der Waals surface area contributed by atoms with Crippen LogP contribution in [0.25, 0.3) is 0 Å². The molecule has 1 aromatic heterocycles. The third-order valence-electron chi connectivity index (χ3n) is 5.91. The van der Waals surface area contributed by atoms with E-state index in [-0.39, 0.29) is 0 Å². The lowest BCUT2D eigenvalue weighted by Crippen LogP contribution is -2.48. The third-order valence-corrected chi connectivity index (χ3v) is 5.91. The first-order valence-electron chi connectivity index (χ1n) is 9.24. The van der Waals surface area contributed by atoms with Gasteiger partial charge in [-0.3, -0.25) is 14.4 Å². The van der Waals surface area contributed by atoms with Crippen LogP contribution in [0.4, 0.5) is 0 Å². The van der Waals surface area contributed by atoms with Gasteiger partial charge in [0.25, 0.3) is 0 Å². The highest BCUT2D eigenvalue weighted by Crippen LogP contribution is 2.30. The lowest BCUT2D eigenvalue weighted by molar-refractivity contribution is -0.139. The zero-order chi connectivity index (χ0) is 16.5. The summed E-state index contributed by atoms with van der Waals surface area (Å²) in [4.78, 5) is 17.0. The van der Waals surface area contributed by atoms with E-state index in [1.165, 1.54) is 6.42 Å². The van der Waals surface area contributed by atoms with Gasteiger partial charge in [-0.1, -0.05) is 6.42 Å². The molecule has 3 heterocycles. The second kappa shape index (κ2) is 6.56. The number of nitrogens with zero attached hydrogens (tertiary/aromatic N) is 5. The third kappa shape index (κ3) is 2.93. The fourth-order valence-electron chi connectivity index (χ4n) is 4.22. The zero-order valence-electron chi connectivity index (χ0n) is 14.2. The van der Waals surface area contributed by atoms with Crippen molar-refractivity contribution < 1.29 is 4.79 Å². The SMILES string of the molecule is N#Cc1cc2n(n1)CCCN(C1CCN(C(=O)C3CCC3)CC1)C2. The summed E-state index contributed by atoms with van der Waals surface area (Å²) < 4.78 is 1.99. The van der Waals surface area contributed by atoms with E-state index in [4.69, 9.17) is 5.26 Å². The number of rotatable bonds is 2. The number of aromatic nitrogens is 2. The molecule has 1 amide bonds. The number of amides is 1. The molecule has 0 spiro atoms. The maximum atomic E-state index is 12.4. The molecule has 0 atom stereocenters. The van der Waals surface area contributed by atoms with E-state index >= 15 is 0 Å². The van der Waals surface area contributed by atoms with Crippen LogP contribution in [0.5, 0.6) is 0 Å². The van der Waals surface area contributed by atoms with Crippen LogP contribution in [0.1, 0.15) is 49.9 Å². The molecule has 0 unspecified atom stereocenters. The minimum Gasteiger partial charge on any atom is -0.342 e. The Kier molecular flexibility index (Phi) is 4.28. The number of hydrogen-bond donors (Lipinski definition) is 0. The average Bonchev–Trinajstić information content (AvgIpc) is 2.84. The van der Waals surface area contributed by atoms with Gasteiger partial charge in [0, 0.05) is 44.7 Å². The topological polar surface area (TPSA) is 65.2 Å². The largest absolute Gasteiger partial charge is 0.342 e. The Hall–Kier alpha value is -1.87. The Morgan fingerprint density at radius 2 is 1.92 bits per heavy atom. The number of carbonyl (C=O) groups is 1. The van der Waals surface area contributed by atoms with Gasteiger partial charge in [0.1, 0.15) is 6.07 Å². The van der Waals surface area contributed by atoms with Crippen LogP contribution >= 0.6 is 0 Å². The first-order chi connectivity index (χ1) is 11.7. The maximum absolute atomic E-state index is 12.4. The van der Waals surface area contributed by atoms with Gasteiger partial charge in [0.15, 0.2) is 5.69 Å². The van der Waals surface area contributed by atoms with Gasteiger partial charge >= 0.3 is 0 Å². The number of likely N-dealkylation sites (tertiary alicyclic amines) is 1. The molecule has 24 heavy (non-hydrogen) atoms. The second-order valence-electron chi connectivity index (χ2n) is 7.36. The average molecular weight is 327 g/mol. The first kappa shape index (κ1) is 15.6. The van der Waals surface area contributed by atoms with Gasteiger partial charge in [-0.05, 0) is 38.2 Å². The van der Waals surface area contributed by atoms with Gasteiger partial charge in [0.05, 0.1) is 5.69 Å². The summed E-state index contributed by atoms with van der Waals surface area (Å²) in [6.45, 7) is 4.65. The van der Waals surface area contributed by atoms with Crippen LogP contribution in [-0.4, -0.2) is 51.2 Å². The number of piperidine rings is 1. The number of aryl methyl sites for hydroxylation is 1. The van der Waals surface area contributed by atoms with Gasteiger partial charge in [-0.2, -0.15) is 10.4 Å². The summed E-state index contributed by atoms with van der Waals surface area (Å²) in [5.74, 6) is 0.714. The molecule has 0 N–H and O–H groups in total. The van der Waals surface area contributed by atoms with Crippen molar-refractivity contribution in [3.05, 3.63) is 17.5 Å².